The van der Waals surface area contributed by atoms with Gasteiger partial charge in [0, 0.05) is 16.6 Å². The Bertz CT molecular complexity index is 871. The van der Waals surface area contributed by atoms with Crippen molar-refractivity contribution in [3.8, 4) is 11.3 Å². The van der Waals surface area contributed by atoms with E-state index in [-0.39, 0.29) is 18.6 Å². The first-order valence-electron chi connectivity index (χ1n) is 9.20. The number of ether oxygens (including phenoxy) is 1. The molecule has 7 nitrogen and oxygen atoms in total. The molecule has 1 aromatic carbocycles. The number of carboxylic acids is 1. The first-order valence-corrected chi connectivity index (χ1v) is 9.99. The summed E-state index contributed by atoms with van der Waals surface area (Å²) in [5, 5.41) is 9.28. The van der Waals surface area contributed by atoms with Crippen LogP contribution in [-0.2, 0) is 16.0 Å². The van der Waals surface area contributed by atoms with Crippen molar-refractivity contribution in [2.24, 2.45) is 0 Å². The predicted molar refractivity (Wildman–Crippen MR) is 108 cm³/mol. The SMILES string of the molecule is CC(C)(C)OC(=O)N1CCC[C@H]1c1nc(-c2ccc(Br)cc2)c(CC(=O)O)[nH]1. The highest BCUT2D eigenvalue weighted by Crippen LogP contribution is 2.34. The van der Waals surface area contributed by atoms with Crippen molar-refractivity contribution in [2.45, 2.75) is 51.7 Å². The first-order chi connectivity index (χ1) is 13.1. The number of nitrogens with one attached hydrogen (secondary N) is 1. The summed E-state index contributed by atoms with van der Waals surface area (Å²) in [6.07, 6.45) is 1.04. The number of amides is 1. The number of hydrogen-bond acceptors (Lipinski definition) is 4. The van der Waals surface area contributed by atoms with E-state index in [0.717, 1.165) is 22.9 Å². The Hall–Kier alpha value is -2.35. The molecule has 1 aromatic heterocycles. The summed E-state index contributed by atoms with van der Waals surface area (Å²) in [4.78, 5) is 33.4. The molecule has 1 fully saturated rings. The van der Waals surface area contributed by atoms with E-state index < -0.39 is 11.6 Å². The summed E-state index contributed by atoms with van der Waals surface area (Å²) in [5.74, 6) is -0.346. The normalized spacial score (nSPS) is 17.0. The van der Waals surface area contributed by atoms with Gasteiger partial charge in [0.2, 0.25) is 0 Å². The van der Waals surface area contributed by atoms with E-state index >= 15 is 0 Å². The third-order valence-electron chi connectivity index (χ3n) is 4.44. The minimum absolute atomic E-state index is 0.169. The molecule has 1 aliphatic rings. The number of benzene rings is 1. The Morgan fingerprint density at radius 3 is 2.61 bits per heavy atom. The van der Waals surface area contributed by atoms with E-state index in [1.165, 1.54) is 0 Å². The van der Waals surface area contributed by atoms with Gasteiger partial charge in [0.25, 0.3) is 0 Å². The monoisotopic (exact) mass is 449 g/mol. The van der Waals surface area contributed by atoms with Crippen LogP contribution in [0.3, 0.4) is 0 Å². The van der Waals surface area contributed by atoms with Crippen LogP contribution in [0.2, 0.25) is 0 Å². The average Bonchev–Trinajstić information content (AvgIpc) is 3.20. The molecule has 2 heterocycles. The number of halogens is 1. The third kappa shape index (κ3) is 4.73. The fourth-order valence-corrected chi connectivity index (χ4v) is 3.57. The van der Waals surface area contributed by atoms with Gasteiger partial charge < -0.3 is 14.8 Å². The van der Waals surface area contributed by atoms with Crippen molar-refractivity contribution in [3.05, 3.63) is 40.3 Å². The maximum absolute atomic E-state index is 12.6. The molecular weight excluding hydrogens is 426 g/mol. The number of imidazole rings is 1. The molecule has 0 spiro atoms. The van der Waals surface area contributed by atoms with E-state index in [2.05, 4.69) is 20.9 Å². The van der Waals surface area contributed by atoms with E-state index in [1.807, 2.05) is 45.0 Å². The topological polar surface area (TPSA) is 95.5 Å². The minimum atomic E-state index is -0.941. The second-order valence-corrected chi connectivity index (χ2v) is 8.77. The number of aliphatic carboxylic acids is 1. The third-order valence-corrected chi connectivity index (χ3v) is 4.97. The van der Waals surface area contributed by atoms with E-state index in [1.54, 1.807) is 4.90 Å². The van der Waals surface area contributed by atoms with Crippen molar-refractivity contribution in [1.29, 1.82) is 0 Å². The van der Waals surface area contributed by atoms with Gasteiger partial charge in [-0.1, -0.05) is 28.1 Å². The van der Waals surface area contributed by atoms with Crippen LogP contribution in [-0.4, -0.2) is 44.2 Å². The number of carbonyl (C=O) groups is 2. The molecule has 28 heavy (non-hydrogen) atoms. The largest absolute Gasteiger partial charge is 0.481 e. The molecule has 2 N–H and O–H groups in total. The molecule has 2 aromatic rings. The smallest absolute Gasteiger partial charge is 0.410 e. The van der Waals surface area contributed by atoms with Crippen LogP contribution in [0.25, 0.3) is 11.3 Å². The van der Waals surface area contributed by atoms with Crippen LogP contribution in [0.5, 0.6) is 0 Å². The number of rotatable bonds is 4. The van der Waals surface area contributed by atoms with Crippen molar-refractivity contribution in [3.63, 3.8) is 0 Å². The average molecular weight is 450 g/mol. The number of H-pyrrole nitrogens is 1. The van der Waals surface area contributed by atoms with Gasteiger partial charge in [-0.2, -0.15) is 0 Å². The highest BCUT2D eigenvalue weighted by Gasteiger charge is 2.35. The standard InChI is InChI=1S/C20H24BrN3O4/c1-20(2,3)28-19(27)24-10-4-5-15(24)18-22-14(11-16(25)26)17(23-18)12-6-8-13(21)9-7-12/h6-9,15H,4-5,10-11H2,1-3H3,(H,22,23)(H,25,26)/t15-/m0/s1. The molecular formula is C20H24BrN3O4. The van der Waals surface area contributed by atoms with Crippen LogP contribution in [0.4, 0.5) is 4.79 Å². The summed E-state index contributed by atoms with van der Waals surface area (Å²) in [7, 11) is 0. The number of carboxylic acid groups (broad SMARTS) is 1. The minimum Gasteiger partial charge on any atom is -0.481 e. The molecule has 150 valence electrons. The number of aromatic amines is 1. The molecule has 1 atom stereocenters. The van der Waals surface area contributed by atoms with E-state index in [4.69, 9.17) is 9.72 Å². The molecule has 0 aliphatic carbocycles. The van der Waals surface area contributed by atoms with Gasteiger partial charge in [-0.15, -0.1) is 0 Å². The Labute approximate surface area is 172 Å². The van der Waals surface area contributed by atoms with Crippen molar-refractivity contribution in [2.75, 3.05) is 6.54 Å². The number of likely N-dealkylation sites (tertiary alicyclic amines) is 1. The van der Waals surface area contributed by atoms with Gasteiger partial charge in [-0.25, -0.2) is 9.78 Å². The van der Waals surface area contributed by atoms with Crippen LogP contribution in [0, 0.1) is 0 Å². The molecule has 0 bridgehead atoms. The van der Waals surface area contributed by atoms with Crippen molar-refractivity contribution < 1.29 is 19.4 Å². The van der Waals surface area contributed by atoms with E-state index in [9.17, 15) is 14.7 Å². The molecule has 3 rings (SSSR count). The number of aromatic nitrogens is 2. The Balaban J connectivity index is 1.94. The second kappa shape index (κ2) is 7.95. The predicted octanol–water partition coefficient (Wildman–Crippen LogP) is 4.54. The lowest BCUT2D eigenvalue weighted by molar-refractivity contribution is -0.136. The van der Waals surface area contributed by atoms with Crippen LogP contribution < -0.4 is 0 Å². The quantitative estimate of drug-likeness (QED) is 0.713. The zero-order valence-corrected chi connectivity index (χ0v) is 17.7. The van der Waals surface area contributed by atoms with Crippen molar-refractivity contribution in [1.82, 2.24) is 14.9 Å². The molecule has 0 radical (unpaired) electrons. The van der Waals surface area contributed by atoms with E-state index in [0.29, 0.717) is 23.8 Å². The number of carbonyl (C=O) groups excluding carboxylic acids is 1. The summed E-state index contributed by atoms with van der Waals surface area (Å²) >= 11 is 3.40. The fraction of sp³-hybridized carbons (Fsp3) is 0.450. The molecule has 1 amide bonds. The maximum Gasteiger partial charge on any atom is 0.410 e. The summed E-state index contributed by atoms with van der Waals surface area (Å²) in [6, 6.07) is 7.28. The van der Waals surface area contributed by atoms with Gasteiger partial charge in [-0.05, 0) is 45.7 Å². The van der Waals surface area contributed by atoms with Gasteiger partial charge >= 0.3 is 12.1 Å². The Morgan fingerprint density at radius 2 is 2.00 bits per heavy atom. The zero-order chi connectivity index (χ0) is 20.5. The molecule has 8 heteroatoms. The van der Waals surface area contributed by atoms with Gasteiger partial charge in [0.1, 0.15) is 11.4 Å². The van der Waals surface area contributed by atoms with Crippen molar-refractivity contribution >= 4 is 28.0 Å². The van der Waals surface area contributed by atoms with Crippen LogP contribution in [0.1, 0.15) is 51.2 Å². The summed E-state index contributed by atoms with van der Waals surface area (Å²) in [6.45, 7) is 6.08. The highest BCUT2D eigenvalue weighted by atomic mass is 79.9. The van der Waals surface area contributed by atoms with Gasteiger partial charge in [0.15, 0.2) is 0 Å². The lowest BCUT2D eigenvalue weighted by atomic mass is 10.1. The second-order valence-electron chi connectivity index (χ2n) is 7.86. The van der Waals surface area contributed by atoms with Crippen LogP contribution >= 0.6 is 15.9 Å². The van der Waals surface area contributed by atoms with Gasteiger partial charge in [0.05, 0.1) is 23.9 Å². The molecule has 1 saturated heterocycles. The zero-order valence-electron chi connectivity index (χ0n) is 16.2. The Morgan fingerprint density at radius 1 is 1.32 bits per heavy atom. The molecule has 1 aliphatic heterocycles. The fourth-order valence-electron chi connectivity index (χ4n) is 3.30. The summed E-state index contributed by atoms with van der Waals surface area (Å²) in [5.41, 5.74) is 1.37. The first kappa shape index (κ1) is 20.4. The highest BCUT2D eigenvalue weighted by molar-refractivity contribution is 9.10. The summed E-state index contributed by atoms with van der Waals surface area (Å²) < 4.78 is 6.45. The van der Waals surface area contributed by atoms with Gasteiger partial charge in [-0.3, -0.25) is 9.69 Å². The lowest BCUT2D eigenvalue weighted by Crippen LogP contribution is -2.36. The van der Waals surface area contributed by atoms with Crippen LogP contribution in [0.15, 0.2) is 28.7 Å². The number of nitrogens with zero attached hydrogens (tertiary/aromatic N) is 2. The maximum atomic E-state index is 12.6. The number of hydrogen-bond donors (Lipinski definition) is 2. The molecule has 0 unspecified atom stereocenters. The Kier molecular flexibility index (Phi) is 5.79. The lowest BCUT2D eigenvalue weighted by Gasteiger charge is -2.27. The molecule has 0 saturated carbocycles.